The average molecular weight is 246 g/mol. The van der Waals surface area contributed by atoms with Crippen molar-refractivity contribution in [2.45, 2.75) is 26.2 Å². The van der Waals surface area contributed by atoms with E-state index in [0.29, 0.717) is 19.4 Å². The second-order valence-electron chi connectivity index (χ2n) is 4.65. The molecular weight excluding hydrogens is 228 g/mol. The molecule has 3 nitrogen and oxygen atoms in total. The van der Waals surface area contributed by atoms with Crippen molar-refractivity contribution in [3.05, 3.63) is 35.9 Å². The van der Waals surface area contributed by atoms with Gasteiger partial charge in [-0.3, -0.25) is 9.59 Å². The predicted octanol–water partition coefficient (Wildman–Crippen LogP) is 2.39. The molecule has 0 aliphatic heterocycles. The van der Waals surface area contributed by atoms with E-state index in [-0.39, 0.29) is 23.6 Å². The molecule has 1 aliphatic rings. The molecule has 0 radical (unpaired) electrons. The van der Waals surface area contributed by atoms with Gasteiger partial charge < -0.3 is 4.74 Å². The third-order valence-electron chi connectivity index (χ3n) is 3.30. The number of carbonyl (C=O) groups is 2. The molecule has 1 saturated carbocycles. The van der Waals surface area contributed by atoms with Crippen molar-refractivity contribution < 1.29 is 14.3 Å². The minimum absolute atomic E-state index is 0.0900. The van der Waals surface area contributed by atoms with Gasteiger partial charge in [0.15, 0.2) is 0 Å². The van der Waals surface area contributed by atoms with E-state index < -0.39 is 0 Å². The smallest absolute Gasteiger partial charge is 0.309 e. The van der Waals surface area contributed by atoms with Gasteiger partial charge in [0.2, 0.25) is 0 Å². The summed E-state index contributed by atoms with van der Waals surface area (Å²) in [4.78, 5) is 23.3. The molecule has 0 amide bonds. The summed E-state index contributed by atoms with van der Waals surface area (Å²) in [5.41, 5.74) is 1.17. The summed E-state index contributed by atoms with van der Waals surface area (Å²) in [6.45, 7) is 2.17. The molecule has 18 heavy (non-hydrogen) atoms. The molecule has 1 fully saturated rings. The first kappa shape index (κ1) is 12.8. The lowest BCUT2D eigenvalue weighted by atomic mass is 10.0. The molecule has 0 heterocycles. The summed E-state index contributed by atoms with van der Waals surface area (Å²) in [5, 5.41) is 0. The molecule has 1 aromatic carbocycles. The lowest BCUT2D eigenvalue weighted by molar-refractivity contribution is -0.145. The fourth-order valence-corrected chi connectivity index (χ4v) is 2.16. The maximum Gasteiger partial charge on any atom is 0.309 e. The number of Topliss-reactive ketones (excluding diaryl/α,β-unsaturated/α-hetero) is 1. The van der Waals surface area contributed by atoms with Crippen LogP contribution >= 0.6 is 0 Å². The minimum Gasteiger partial charge on any atom is -0.466 e. The molecule has 1 aliphatic carbocycles. The summed E-state index contributed by atoms with van der Waals surface area (Å²) in [5.74, 6) is -0.284. The monoisotopic (exact) mass is 246 g/mol. The number of hydrogen-bond acceptors (Lipinski definition) is 3. The molecule has 96 valence electrons. The number of ether oxygens (including phenoxy) is 1. The number of hydrogen-bond donors (Lipinski definition) is 0. The molecule has 0 N–H and O–H groups in total. The van der Waals surface area contributed by atoms with Crippen LogP contribution in [0.1, 0.15) is 25.3 Å². The number of ketones is 1. The van der Waals surface area contributed by atoms with E-state index in [1.165, 1.54) is 5.56 Å². The third-order valence-corrected chi connectivity index (χ3v) is 3.30. The third kappa shape index (κ3) is 3.19. The Hall–Kier alpha value is -1.64. The first-order chi connectivity index (χ1) is 8.72. The molecule has 0 saturated heterocycles. The van der Waals surface area contributed by atoms with E-state index >= 15 is 0 Å². The van der Waals surface area contributed by atoms with Crippen LogP contribution in [0.25, 0.3) is 0 Å². The van der Waals surface area contributed by atoms with Crippen molar-refractivity contribution >= 4 is 11.8 Å². The highest BCUT2D eigenvalue weighted by Crippen LogP contribution is 2.41. The first-order valence-electron chi connectivity index (χ1n) is 6.45. The number of benzene rings is 1. The second kappa shape index (κ2) is 5.80. The quantitative estimate of drug-likeness (QED) is 0.724. The standard InChI is InChI=1S/C15H18O3/c1-2-18-15(17)13-10-12(13)14(16)9-8-11-6-4-3-5-7-11/h3-7,12-13H,2,8-10H2,1H3/t12-,13-/m0/s1. The highest BCUT2D eigenvalue weighted by atomic mass is 16.5. The topological polar surface area (TPSA) is 43.4 Å². The molecular formula is C15H18O3. The first-order valence-corrected chi connectivity index (χ1v) is 6.45. The Labute approximate surface area is 107 Å². The zero-order valence-corrected chi connectivity index (χ0v) is 10.6. The lowest BCUT2D eigenvalue weighted by Gasteiger charge is -2.02. The minimum atomic E-state index is -0.212. The second-order valence-corrected chi connectivity index (χ2v) is 4.65. The van der Waals surface area contributed by atoms with Crippen LogP contribution < -0.4 is 0 Å². The van der Waals surface area contributed by atoms with Crippen molar-refractivity contribution in [3.8, 4) is 0 Å². The number of esters is 1. The van der Waals surface area contributed by atoms with Gasteiger partial charge in [-0.1, -0.05) is 30.3 Å². The molecule has 2 atom stereocenters. The number of aryl methyl sites for hydroxylation is 1. The molecule has 0 aromatic heterocycles. The van der Waals surface area contributed by atoms with Crippen molar-refractivity contribution in [2.24, 2.45) is 11.8 Å². The van der Waals surface area contributed by atoms with Gasteiger partial charge in [-0.25, -0.2) is 0 Å². The normalized spacial score (nSPS) is 21.4. The van der Waals surface area contributed by atoms with E-state index in [1.54, 1.807) is 6.92 Å². The van der Waals surface area contributed by atoms with Crippen LogP contribution in [0.15, 0.2) is 30.3 Å². The van der Waals surface area contributed by atoms with Crippen molar-refractivity contribution in [3.63, 3.8) is 0 Å². The predicted molar refractivity (Wildman–Crippen MR) is 68.0 cm³/mol. The van der Waals surface area contributed by atoms with Crippen LogP contribution in [-0.4, -0.2) is 18.4 Å². The van der Waals surface area contributed by atoms with Gasteiger partial charge in [0.1, 0.15) is 5.78 Å². The maximum atomic E-state index is 11.9. The average Bonchev–Trinajstić information content (AvgIpc) is 3.18. The molecule has 0 unspecified atom stereocenters. The summed E-state index contributed by atoms with van der Waals surface area (Å²) in [6.07, 6.45) is 1.95. The van der Waals surface area contributed by atoms with Gasteiger partial charge in [-0.05, 0) is 25.3 Å². The summed E-state index contributed by atoms with van der Waals surface area (Å²) in [6, 6.07) is 9.94. The fraction of sp³-hybridized carbons (Fsp3) is 0.467. The van der Waals surface area contributed by atoms with Crippen molar-refractivity contribution in [2.75, 3.05) is 6.61 Å². The lowest BCUT2D eigenvalue weighted by Crippen LogP contribution is -2.12. The van der Waals surface area contributed by atoms with Gasteiger partial charge in [0.25, 0.3) is 0 Å². The van der Waals surface area contributed by atoms with E-state index in [2.05, 4.69) is 0 Å². The molecule has 1 aromatic rings. The summed E-state index contributed by atoms with van der Waals surface area (Å²) < 4.78 is 4.92. The van der Waals surface area contributed by atoms with Crippen LogP contribution in [0.3, 0.4) is 0 Å². The van der Waals surface area contributed by atoms with Crippen LogP contribution in [-0.2, 0) is 20.7 Å². The SMILES string of the molecule is CCOC(=O)[C@H]1C[C@@H]1C(=O)CCc1ccccc1. The highest BCUT2D eigenvalue weighted by molar-refractivity contribution is 5.91. The Bertz CT molecular complexity index is 425. The summed E-state index contributed by atoms with van der Waals surface area (Å²) in [7, 11) is 0. The Morgan fingerprint density at radius 3 is 2.61 bits per heavy atom. The molecule has 3 heteroatoms. The van der Waals surface area contributed by atoms with Gasteiger partial charge in [0, 0.05) is 12.3 Å². The van der Waals surface area contributed by atoms with Gasteiger partial charge in [0.05, 0.1) is 12.5 Å². The van der Waals surface area contributed by atoms with E-state index in [9.17, 15) is 9.59 Å². The van der Waals surface area contributed by atoms with Crippen LogP contribution in [0.5, 0.6) is 0 Å². The van der Waals surface area contributed by atoms with E-state index in [4.69, 9.17) is 4.74 Å². The molecule has 2 rings (SSSR count). The number of carbonyl (C=O) groups excluding carboxylic acids is 2. The Balaban J connectivity index is 1.76. The largest absolute Gasteiger partial charge is 0.466 e. The summed E-state index contributed by atoms with van der Waals surface area (Å²) >= 11 is 0. The number of rotatable bonds is 6. The van der Waals surface area contributed by atoms with Gasteiger partial charge >= 0.3 is 5.97 Å². The van der Waals surface area contributed by atoms with Crippen molar-refractivity contribution in [1.82, 2.24) is 0 Å². The van der Waals surface area contributed by atoms with Crippen LogP contribution in [0, 0.1) is 11.8 Å². The highest BCUT2D eigenvalue weighted by Gasteiger charge is 2.48. The van der Waals surface area contributed by atoms with E-state index in [1.807, 2.05) is 30.3 Å². The van der Waals surface area contributed by atoms with E-state index in [0.717, 1.165) is 6.42 Å². The Morgan fingerprint density at radius 1 is 1.22 bits per heavy atom. The fourth-order valence-electron chi connectivity index (χ4n) is 2.16. The van der Waals surface area contributed by atoms with Gasteiger partial charge in [-0.15, -0.1) is 0 Å². The van der Waals surface area contributed by atoms with Crippen LogP contribution in [0.4, 0.5) is 0 Å². The zero-order valence-electron chi connectivity index (χ0n) is 10.6. The Kier molecular flexibility index (Phi) is 4.13. The van der Waals surface area contributed by atoms with Crippen LogP contribution in [0.2, 0.25) is 0 Å². The zero-order chi connectivity index (χ0) is 13.0. The molecule has 0 spiro atoms. The van der Waals surface area contributed by atoms with Gasteiger partial charge in [-0.2, -0.15) is 0 Å². The maximum absolute atomic E-state index is 11.9. The molecule has 0 bridgehead atoms. The Morgan fingerprint density at radius 2 is 1.94 bits per heavy atom. The van der Waals surface area contributed by atoms with Crippen molar-refractivity contribution in [1.29, 1.82) is 0 Å².